The molecular formula is C23H25NO4S2. The van der Waals surface area contributed by atoms with Gasteiger partial charge in [-0.15, -0.1) is 0 Å². The lowest BCUT2D eigenvalue weighted by atomic mass is 10.1. The zero-order chi connectivity index (χ0) is 21.5. The van der Waals surface area contributed by atoms with Gasteiger partial charge in [0.15, 0.2) is 11.5 Å². The van der Waals surface area contributed by atoms with Crippen molar-refractivity contribution in [2.75, 3.05) is 19.8 Å². The molecule has 0 bridgehead atoms. The maximum atomic E-state index is 11.9. The molecule has 0 aromatic heterocycles. The number of ether oxygens (including phenoxy) is 3. The number of benzene rings is 2. The summed E-state index contributed by atoms with van der Waals surface area (Å²) in [5.41, 5.74) is 3.21. The lowest BCUT2D eigenvalue weighted by Crippen LogP contribution is -2.17. The molecule has 0 aliphatic carbocycles. The molecule has 1 aliphatic rings. The number of thiocarbonyl (C=S) groups is 1. The topological polar surface area (TPSA) is 56.8 Å². The van der Waals surface area contributed by atoms with Crippen LogP contribution in [-0.4, -0.2) is 30.0 Å². The predicted octanol–water partition coefficient (Wildman–Crippen LogP) is 5.04. The Kier molecular flexibility index (Phi) is 7.76. The van der Waals surface area contributed by atoms with E-state index in [1.54, 1.807) is 6.08 Å². The second-order valence-corrected chi connectivity index (χ2v) is 8.53. The smallest absolute Gasteiger partial charge is 0.263 e. The normalized spacial score (nSPS) is 14.7. The van der Waals surface area contributed by atoms with Crippen molar-refractivity contribution in [1.82, 2.24) is 5.32 Å². The molecule has 2 aromatic carbocycles. The lowest BCUT2D eigenvalue weighted by molar-refractivity contribution is -0.115. The van der Waals surface area contributed by atoms with Crippen LogP contribution in [0, 0.1) is 13.8 Å². The first-order valence-electron chi connectivity index (χ1n) is 9.81. The second kappa shape index (κ2) is 10.5. The highest BCUT2D eigenvalue weighted by Gasteiger charge is 2.22. The molecule has 0 atom stereocenters. The average Bonchev–Trinajstić information content (AvgIpc) is 3.01. The average molecular weight is 444 g/mol. The van der Waals surface area contributed by atoms with Crippen molar-refractivity contribution in [3.8, 4) is 17.2 Å². The van der Waals surface area contributed by atoms with E-state index in [1.807, 2.05) is 44.2 Å². The van der Waals surface area contributed by atoms with Crippen LogP contribution in [0.4, 0.5) is 0 Å². The maximum Gasteiger partial charge on any atom is 0.263 e. The van der Waals surface area contributed by atoms with Gasteiger partial charge >= 0.3 is 0 Å². The summed E-state index contributed by atoms with van der Waals surface area (Å²) in [6.45, 7) is 7.64. The maximum absolute atomic E-state index is 11.9. The minimum absolute atomic E-state index is 0.174. The predicted molar refractivity (Wildman–Crippen MR) is 125 cm³/mol. The van der Waals surface area contributed by atoms with Gasteiger partial charge in [0.25, 0.3) is 5.91 Å². The van der Waals surface area contributed by atoms with Gasteiger partial charge in [0.1, 0.15) is 10.1 Å². The van der Waals surface area contributed by atoms with E-state index in [9.17, 15) is 4.79 Å². The summed E-state index contributed by atoms with van der Waals surface area (Å²) < 4.78 is 18.0. The van der Waals surface area contributed by atoms with E-state index in [0.717, 1.165) is 23.3 Å². The fraction of sp³-hybridized carbons (Fsp3) is 0.304. The number of thioether (sulfide) groups is 1. The lowest BCUT2D eigenvalue weighted by Gasteiger charge is -2.13. The van der Waals surface area contributed by atoms with Crippen LogP contribution in [0.5, 0.6) is 17.2 Å². The van der Waals surface area contributed by atoms with Gasteiger partial charge < -0.3 is 19.5 Å². The Morgan fingerprint density at radius 3 is 2.40 bits per heavy atom. The van der Waals surface area contributed by atoms with Gasteiger partial charge in [-0.25, -0.2) is 0 Å². The standard InChI is InChI=1S/C23H25NO4S2/c1-4-26-20-13-17(14-21-22(25)24-23(29)30-21)7-9-19(20)28-11-5-10-27-18-8-6-15(2)12-16(18)3/h6-9,12-14H,4-5,10-11H2,1-3H3,(H,24,25,29). The van der Waals surface area contributed by atoms with Crippen molar-refractivity contribution >= 4 is 40.3 Å². The number of aryl methyl sites for hydroxylation is 2. The molecular weight excluding hydrogens is 418 g/mol. The number of hydrogen-bond acceptors (Lipinski definition) is 6. The summed E-state index contributed by atoms with van der Waals surface area (Å²) >= 11 is 6.28. The summed E-state index contributed by atoms with van der Waals surface area (Å²) in [6.07, 6.45) is 2.54. The third-order valence-corrected chi connectivity index (χ3v) is 5.50. The highest BCUT2D eigenvalue weighted by molar-refractivity contribution is 8.26. The minimum Gasteiger partial charge on any atom is -0.493 e. The first-order valence-corrected chi connectivity index (χ1v) is 11.0. The first-order chi connectivity index (χ1) is 14.5. The fourth-order valence-electron chi connectivity index (χ4n) is 2.96. The molecule has 7 heteroatoms. The van der Waals surface area contributed by atoms with Crippen LogP contribution in [0.1, 0.15) is 30.0 Å². The number of amides is 1. The molecule has 158 valence electrons. The molecule has 1 N–H and O–H groups in total. The largest absolute Gasteiger partial charge is 0.493 e. The fourth-order valence-corrected chi connectivity index (χ4v) is 4.00. The Hall–Kier alpha value is -2.51. The molecule has 0 spiro atoms. The van der Waals surface area contributed by atoms with Crippen LogP contribution < -0.4 is 19.5 Å². The minimum atomic E-state index is -0.174. The summed E-state index contributed by atoms with van der Waals surface area (Å²) in [7, 11) is 0. The third-order valence-electron chi connectivity index (χ3n) is 4.34. The first kappa shape index (κ1) is 22.2. The summed E-state index contributed by atoms with van der Waals surface area (Å²) in [5.74, 6) is 2.05. The molecule has 2 aromatic rings. The van der Waals surface area contributed by atoms with Crippen LogP contribution >= 0.6 is 24.0 Å². The number of nitrogens with one attached hydrogen (secondary N) is 1. The summed E-state index contributed by atoms with van der Waals surface area (Å²) in [5, 5.41) is 2.62. The number of carbonyl (C=O) groups excluding carboxylic acids is 1. The molecule has 1 saturated heterocycles. The van der Waals surface area contributed by atoms with Gasteiger partial charge in [0.2, 0.25) is 0 Å². The van der Waals surface area contributed by atoms with Crippen molar-refractivity contribution in [1.29, 1.82) is 0 Å². The highest BCUT2D eigenvalue weighted by Crippen LogP contribution is 2.32. The Balaban J connectivity index is 1.56. The Bertz CT molecular complexity index is 972. The van der Waals surface area contributed by atoms with E-state index in [2.05, 4.69) is 18.3 Å². The SMILES string of the molecule is CCOc1cc(C=C2SC(=S)NC2=O)ccc1OCCCOc1ccc(C)cc1C. The van der Waals surface area contributed by atoms with E-state index in [1.165, 1.54) is 17.3 Å². The van der Waals surface area contributed by atoms with Gasteiger partial charge in [-0.3, -0.25) is 4.79 Å². The molecule has 1 aliphatic heterocycles. The van der Waals surface area contributed by atoms with Crippen LogP contribution in [0.25, 0.3) is 6.08 Å². The molecule has 30 heavy (non-hydrogen) atoms. The molecule has 0 unspecified atom stereocenters. The Morgan fingerprint density at radius 2 is 1.73 bits per heavy atom. The third kappa shape index (κ3) is 6.00. The van der Waals surface area contributed by atoms with Crippen molar-refractivity contribution in [2.24, 2.45) is 0 Å². The van der Waals surface area contributed by atoms with Crippen molar-refractivity contribution in [3.05, 3.63) is 58.0 Å². The molecule has 3 rings (SSSR count). The van der Waals surface area contributed by atoms with Gasteiger partial charge in [0.05, 0.1) is 24.7 Å². The summed E-state index contributed by atoms with van der Waals surface area (Å²) in [6, 6.07) is 11.8. The van der Waals surface area contributed by atoms with E-state index < -0.39 is 0 Å². The molecule has 1 heterocycles. The molecule has 0 radical (unpaired) electrons. The van der Waals surface area contributed by atoms with Crippen molar-refractivity contribution in [3.63, 3.8) is 0 Å². The Labute approximate surface area is 186 Å². The van der Waals surface area contributed by atoms with Gasteiger partial charge in [-0.2, -0.15) is 0 Å². The number of hydrogen-bond donors (Lipinski definition) is 1. The van der Waals surface area contributed by atoms with E-state index in [-0.39, 0.29) is 5.91 Å². The molecule has 1 fully saturated rings. The number of carbonyl (C=O) groups is 1. The molecule has 1 amide bonds. The van der Waals surface area contributed by atoms with Gasteiger partial charge in [0, 0.05) is 6.42 Å². The van der Waals surface area contributed by atoms with E-state index in [0.29, 0.717) is 40.5 Å². The van der Waals surface area contributed by atoms with Crippen LogP contribution in [0.3, 0.4) is 0 Å². The van der Waals surface area contributed by atoms with E-state index >= 15 is 0 Å². The van der Waals surface area contributed by atoms with Gasteiger partial charge in [-0.1, -0.05) is 47.7 Å². The van der Waals surface area contributed by atoms with E-state index in [4.69, 9.17) is 26.4 Å². The van der Waals surface area contributed by atoms with Crippen molar-refractivity contribution < 1.29 is 19.0 Å². The van der Waals surface area contributed by atoms with Crippen LogP contribution in [0.15, 0.2) is 41.3 Å². The highest BCUT2D eigenvalue weighted by atomic mass is 32.2. The van der Waals surface area contributed by atoms with Crippen LogP contribution in [-0.2, 0) is 4.79 Å². The van der Waals surface area contributed by atoms with Gasteiger partial charge in [-0.05, 0) is 56.2 Å². The zero-order valence-corrected chi connectivity index (χ0v) is 19.0. The monoisotopic (exact) mass is 443 g/mol. The Morgan fingerprint density at radius 1 is 1.00 bits per heavy atom. The molecule has 0 saturated carbocycles. The van der Waals surface area contributed by atoms with Crippen molar-refractivity contribution in [2.45, 2.75) is 27.2 Å². The summed E-state index contributed by atoms with van der Waals surface area (Å²) in [4.78, 5) is 12.4. The van der Waals surface area contributed by atoms with Crippen LogP contribution in [0.2, 0.25) is 0 Å². The molecule has 5 nitrogen and oxygen atoms in total. The second-order valence-electron chi connectivity index (χ2n) is 6.81. The number of rotatable bonds is 9. The quantitative estimate of drug-likeness (QED) is 0.333. The zero-order valence-electron chi connectivity index (χ0n) is 17.3.